The van der Waals surface area contributed by atoms with Gasteiger partial charge >= 0.3 is 0 Å². The summed E-state index contributed by atoms with van der Waals surface area (Å²) < 4.78 is 11.3. The number of amides is 1. The molecule has 0 aliphatic rings. The highest BCUT2D eigenvalue weighted by molar-refractivity contribution is 5.91. The molecule has 1 aromatic heterocycles. The van der Waals surface area contributed by atoms with E-state index in [9.17, 15) is 4.79 Å². The standard InChI is InChI=1S/C18H24N2O3.ClH/c1-12-4-6-16(14(3)8-12)22-11-15-5-7-17(23-15)18(21)20-10-13(2)9-19;/h4-8,13H,9-11,19H2,1-3H3,(H,20,21);1H. The van der Waals surface area contributed by atoms with Gasteiger partial charge < -0.3 is 20.2 Å². The molecule has 1 aromatic carbocycles. The van der Waals surface area contributed by atoms with Gasteiger partial charge in [0.2, 0.25) is 0 Å². The summed E-state index contributed by atoms with van der Waals surface area (Å²) in [4.78, 5) is 12.0. The second-order valence-corrected chi connectivity index (χ2v) is 5.87. The number of halogens is 1. The van der Waals surface area contributed by atoms with Gasteiger partial charge in [0.1, 0.15) is 18.1 Å². The molecule has 0 radical (unpaired) electrons. The first-order valence-electron chi connectivity index (χ1n) is 7.76. The lowest BCUT2D eigenvalue weighted by atomic mass is 10.1. The van der Waals surface area contributed by atoms with E-state index in [0.29, 0.717) is 18.8 Å². The van der Waals surface area contributed by atoms with Gasteiger partial charge in [-0.1, -0.05) is 24.6 Å². The Bertz CT molecular complexity index is 670. The molecule has 1 heterocycles. The smallest absolute Gasteiger partial charge is 0.287 e. The molecule has 1 atom stereocenters. The predicted molar refractivity (Wildman–Crippen MR) is 96.8 cm³/mol. The molecule has 0 spiro atoms. The Morgan fingerprint density at radius 1 is 1.29 bits per heavy atom. The summed E-state index contributed by atoms with van der Waals surface area (Å²) in [5.74, 6) is 1.72. The fourth-order valence-electron chi connectivity index (χ4n) is 2.13. The van der Waals surface area contributed by atoms with Crippen LogP contribution in [0.2, 0.25) is 0 Å². The molecule has 0 bridgehead atoms. The Hall–Kier alpha value is -1.98. The number of furan rings is 1. The highest BCUT2D eigenvalue weighted by atomic mass is 35.5. The molecule has 6 heteroatoms. The maximum absolute atomic E-state index is 12.0. The number of nitrogens with one attached hydrogen (secondary N) is 1. The minimum atomic E-state index is -0.233. The van der Waals surface area contributed by atoms with Gasteiger partial charge in [0.05, 0.1) is 0 Å². The second kappa shape index (κ2) is 9.35. The van der Waals surface area contributed by atoms with Crippen molar-refractivity contribution in [1.29, 1.82) is 0 Å². The topological polar surface area (TPSA) is 77.5 Å². The molecule has 0 fully saturated rings. The number of carbonyl (C=O) groups excluding carboxylic acids is 1. The number of ether oxygens (including phenoxy) is 1. The van der Waals surface area contributed by atoms with E-state index in [2.05, 4.69) is 11.4 Å². The van der Waals surface area contributed by atoms with Crippen molar-refractivity contribution in [1.82, 2.24) is 5.32 Å². The van der Waals surface area contributed by atoms with Crippen molar-refractivity contribution in [2.24, 2.45) is 11.7 Å². The minimum absolute atomic E-state index is 0. The summed E-state index contributed by atoms with van der Waals surface area (Å²) in [6.45, 7) is 7.38. The van der Waals surface area contributed by atoms with Crippen LogP contribution in [0.1, 0.15) is 34.4 Å². The quantitative estimate of drug-likeness (QED) is 0.802. The van der Waals surface area contributed by atoms with Gasteiger partial charge in [-0.25, -0.2) is 0 Å². The highest BCUT2D eigenvalue weighted by Crippen LogP contribution is 2.20. The van der Waals surface area contributed by atoms with Crippen LogP contribution in [0.5, 0.6) is 5.75 Å². The molecule has 24 heavy (non-hydrogen) atoms. The monoisotopic (exact) mass is 352 g/mol. The number of rotatable bonds is 7. The summed E-state index contributed by atoms with van der Waals surface area (Å²) in [7, 11) is 0. The van der Waals surface area contributed by atoms with E-state index in [1.54, 1.807) is 12.1 Å². The van der Waals surface area contributed by atoms with Gasteiger partial charge in [-0.05, 0) is 50.1 Å². The molecule has 0 saturated carbocycles. The van der Waals surface area contributed by atoms with E-state index >= 15 is 0 Å². The molecule has 1 amide bonds. The van der Waals surface area contributed by atoms with Crippen molar-refractivity contribution in [2.75, 3.05) is 13.1 Å². The first kappa shape index (κ1) is 20.1. The zero-order valence-electron chi connectivity index (χ0n) is 14.3. The molecule has 2 aromatic rings. The third-order valence-electron chi connectivity index (χ3n) is 3.60. The van der Waals surface area contributed by atoms with Gasteiger partial charge in [0, 0.05) is 6.54 Å². The van der Waals surface area contributed by atoms with E-state index in [-0.39, 0.29) is 36.6 Å². The summed E-state index contributed by atoms with van der Waals surface area (Å²) in [6, 6.07) is 9.42. The van der Waals surface area contributed by atoms with Crippen LogP contribution in [-0.4, -0.2) is 19.0 Å². The van der Waals surface area contributed by atoms with Crippen molar-refractivity contribution < 1.29 is 13.9 Å². The van der Waals surface area contributed by atoms with Crippen LogP contribution in [0.25, 0.3) is 0 Å². The maximum Gasteiger partial charge on any atom is 0.287 e. The molecule has 2 rings (SSSR count). The Kier molecular flexibility index (Phi) is 7.82. The number of hydrogen-bond donors (Lipinski definition) is 2. The molecule has 3 N–H and O–H groups in total. The average molecular weight is 353 g/mol. The van der Waals surface area contributed by atoms with Gasteiger partial charge in [-0.3, -0.25) is 4.79 Å². The number of aryl methyl sites for hydroxylation is 2. The SMILES string of the molecule is Cc1ccc(OCc2ccc(C(=O)NCC(C)CN)o2)c(C)c1.Cl. The van der Waals surface area contributed by atoms with Gasteiger partial charge in [0.25, 0.3) is 5.91 Å². The molecule has 132 valence electrons. The van der Waals surface area contributed by atoms with Crippen molar-refractivity contribution >= 4 is 18.3 Å². The van der Waals surface area contributed by atoms with Crippen molar-refractivity contribution in [3.63, 3.8) is 0 Å². The van der Waals surface area contributed by atoms with Crippen LogP contribution in [0.4, 0.5) is 0 Å². The zero-order valence-corrected chi connectivity index (χ0v) is 15.1. The van der Waals surface area contributed by atoms with Crippen molar-refractivity contribution in [3.8, 4) is 5.75 Å². The maximum atomic E-state index is 12.0. The van der Waals surface area contributed by atoms with E-state index in [1.807, 2.05) is 32.9 Å². The lowest BCUT2D eigenvalue weighted by Crippen LogP contribution is -2.31. The molecule has 0 aliphatic carbocycles. The van der Waals surface area contributed by atoms with Crippen LogP contribution in [-0.2, 0) is 6.61 Å². The van der Waals surface area contributed by atoms with Crippen molar-refractivity contribution in [3.05, 3.63) is 53.0 Å². The second-order valence-electron chi connectivity index (χ2n) is 5.87. The number of benzene rings is 1. The fourth-order valence-corrected chi connectivity index (χ4v) is 2.13. The first-order chi connectivity index (χ1) is 11.0. The Labute approximate surface area is 149 Å². The van der Waals surface area contributed by atoms with Crippen LogP contribution in [0.15, 0.2) is 34.7 Å². The van der Waals surface area contributed by atoms with E-state index in [0.717, 1.165) is 11.3 Å². The predicted octanol–water partition coefficient (Wildman–Crippen LogP) is 3.22. The summed E-state index contributed by atoms with van der Waals surface area (Å²) in [5, 5.41) is 2.80. The van der Waals surface area contributed by atoms with Crippen LogP contribution < -0.4 is 15.8 Å². The largest absolute Gasteiger partial charge is 0.485 e. The summed E-state index contributed by atoms with van der Waals surface area (Å²) >= 11 is 0. The number of nitrogens with two attached hydrogens (primary N) is 1. The minimum Gasteiger partial charge on any atom is -0.485 e. The molecule has 0 saturated heterocycles. The average Bonchev–Trinajstić information content (AvgIpc) is 3.00. The number of carbonyl (C=O) groups is 1. The van der Waals surface area contributed by atoms with E-state index < -0.39 is 0 Å². The van der Waals surface area contributed by atoms with E-state index in [1.165, 1.54) is 5.56 Å². The Balaban J connectivity index is 0.00000288. The number of hydrogen-bond acceptors (Lipinski definition) is 4. The molecule has 1 unspecified atom stereocenters. The van der Waals surface area contributed by atoms with Crippen LogP contribution in [0.3, 0.4) is 0 Å². The molecular weight excluding hydrogens is 328 g/mol. The van der Waals surface area contributed by atoms with Gasteiger partial charge in [-0.15, -0.1) is 12.4 Å². The molecule has 5 nitrogen and oxygen atoms in total. The lowest BCUT2D eigenvalue weighted by Gasteiger charge is -2.09. The molecule has 0 aliphatic heterocycles. The summed E-state index contributed by atoms with van der Waals surface area (Å²) in [5.41, 5.74) is 7.79. The lowest BCUT2D eigenvalue weighted by molar-refractivity contribution is 0.0916. The molecular formula is C18H25ClN2O3. The normalized spacial score (nSPS) is 11.5. The van der Waals surface area contributed by atoms with Crippen molar-refractivity contribution in [2.45, 2.75) is 27.4 Å². The van der Waals surface area contributed by atoms with Gasteiger partial charge in [-0.2, -0.15) is 0 Å². The third kappa shape index (κ3) is 5.58. The van der Waals surface area contributed by atoms with Gasteiger partial charge in [0.15, 0.2) is 5.76 Å². The Morgan fingerprint density at radius 3 is 2.71 bits per heavy atom. The summed E-state index contributed by atoms with van der Waals surface area (Å²) in [6.07, 6.45) is 0. The highest BCUT2D eigenvalue weighted by Gasteiger charge is 2.12. The zero-order chi connectivity index (χ0) is 16.8. The van der Waals surface area contributed by atoms with Crippen LogP contribution in [0, 0.1) is 19.8 Å². The third-order valence-corrected chi connectivity index (χ3v) is 3.60. The van der Waals surface area contributed by atoms with Crippen LogP contribution >= 0.6 is 12.4 Å². The fraction of sp³-hybridized carbons (Fsp3) is 0.389. The Morgan fingerprint density at radius 2 is 2.04 bits per heavy atom. The first-order valence-corrected chi connectivity index (χ1v) is 7.76. The van der Waals surface area contributed by atoms with E-state index in [4.69, 9.17) is 14.9 Å².